The highest BCUT2D eigenvalue weighted by Gasteiger charge is 2.14. The minimum absolute atomic E-state index is 0.142. The lowest BCUT2D eigenvalue weighted by atomic mass is 10.0. The Labute approximate surface area is 165 Å². The fourth-order valence-electron chi connectivity index (χ4n) is 3.02. The maximum absolute atomic E-state index is 12.6. The first kappa shape index (κ1) is 19.4. The van der Waals surface area contributed by atoms with Gasteiger partial charge in [-0.3, -0.25) is 9.59 Å². The van der Waals surface area contributed by atoms with Gasteiger partial charge in [0.05, 0.1) is 17.7 Å². The van der Waals surface area contributed by atoms with E-state index in [0.717, 1.165) is 22.3 Å². The van der Waals surface area contributed by atoms with Gasteiger partial charge in [-0.15, -0.1) is 0 Å². The molecule has 2 amide bonds. The summed E-state index contributed by atoms with van der Waals surface area (Å²) < 4.78 is 0. The maximum Gasteiger partial charge on any atom is 0.253 e. The third kappa shape index (κ3) is 5.07. The molecule has 0 aliphatic carbocycles. The Hall–Kier alpha value is -3.40. The van der Waals surface area contributed by atoms with Crippen LogP contribution in [-0.2, 0) is 17.8 Å². The summed E-state index contributed by atoms with van der Waals surface area (Å²) in [4.78, 5) is 25.2. The van der Waals surface area contributed by atoms with Crippen LogP contribution >= 0.6 is 0 Å². The van der Waals surface area contributed by atoms with Crippen molar-refractivity contribution in [2.45, 2.75) is 26.8 Å². The van der Waals surface area contributed by atoms with Gasteiger partial charge < -0.3 is 10.6 Å². The summed E-state index contributed by atoms with van der Waals surface area (Å²) in [7, 11) is 0. The molecule has 2 N–H and O–H groups in total. The van der Waals surface area contributed by atoms with E-state index in [4.69, 9.17) is 0 Å². The molecule has 0 radical (unpaired) electrons. The van der Waals surface area contributed by atoms with E-state index >= 15 is 0 Å². The van der Waals surface area contributed by atoms with Gasteiger partial charge in [-0.1, -0.05) is 66.2 Å². The number of rotatable bonds is 6. The van der Waals surface area contributed by atoms with E-state index in [2.05, 4.69) is 10.6 Å². The average Bonchev–Trinajstić information content (AvgIpc) is 2.70. The lowest BCUT2D eigenvalue weighted by molar-refractivity contribution is -0.115. The van der Waals surface area contributed by atoms with Crippen molar-refractivity contribution in [2.24, 2.45) is 0 Å². The quantitative estimate of drug-likeness (QED) is 0.673. The van der Waals surface area contributed by atoms with Gasteiger partial charge in [0.2, 0.25) is 5.91 Å². The molecule has 0 aliphatic rings. The lowest BCUT2D eigenvalue weighted by Crippen LogP contribution is -2.25. The first-order valence-corrected chi connectivity index (χ1v) is 9.30. The van der Waals surface area contributed by atoms with Crippen LogP contribution in [-0.4, -0.2) is 11.8 Å². The summed E-state index contributed by atoms with van der Waals surface area (Å²) >= 11 is 0. The molecular formula is C24H24N2O2. The molecule has 4 heteroatoms. The molecule has 4 nitrogen and oxygen atoms in total. The van der Waals surface area contributed by atoms with Gasteiger partial charge in [-0.2, -0.15) is 0 Å². The second-order valence-electron chi connectivity index (χ2n) is 6.87. The monoisotopic (exact) mass is 372 g/mol. The van der Waals surface area contributed by atoms with Crippen molar-refractivity contribution < 1.29 is 9.59 Å². The van der Waals surface area contributed by atoms with Crippen molar-refractivity contribution in [1.29, 1.82) is 0 Å². The molecule has 0 fully saturated rings. The molecule has 142 valence electrons. The molecule has 0 saturated carbocycles. The third-order valence-electron chi connectivity index (χ3n) is 4.60. The number of para-hydroxylation sites is 1. The van der Waals surface area contributed by atoms with Crippen molar-refractivity contribution in [3.8, 4) is 0 Å². The molecule has 3 aromatic carbocycles. The van der Waals surface area contributed by atoms with Crippen LogP contribution in [0, 0.1) is 13.8 Å². The molecule has 0 aromatic heterocycles. The van der Waals surface area contributed by atoms with Crippen LogP contribution in [0.25, 0.3) is 0 Å². The first-order valence-electron chi connectivity index (χ1n) is 9.30. The summed E-state index contributed by atoms with van der Waals surface area (Å²) in [5.41, 5.74) is 5.18. The smallest absolute Gasteiger partial charge is 0.253 e. The van der Waals surface area contributed by atoms with Crippen LogP contribution in [0.1, 0.15) is 32.6 Å². The molecule has 28 heavy (non-hydrogen) atoms. The van der Waals surface area contributed by atoms with E-state index in [1.807, 2.05) is 68.4 Å². The summed E-state index contributed by atoms with van der Waals surface area (Å²) in [6.07, 6.45) is 0.271. The molecule has 3 rings (SSSR count). The third-order valence-corrected chi connectivity index (χ3v) is 4.60. The standard InChI is InChI=1S/C24H24N2O2/c1-17-12-13-18(2)20(14-17)15-23(27)26-22-11-7-6-10-21(22)24(28)25-16-19-8-4-3-5-9-19/h3-14H,15-16H2,1-2H3,(H,25,28)(H,26,27). The van der Waals surface area contributed by atoms with Crippen molar-refractivity contribution in [1.82, 2.24) is 5.32 Å². The fraction of sp³-hybridized carbons (Fsp3) is 0.167. The van der Waals surface area contributed by atoms with Crippen LogP contribution < -0.4 is 10.6 Å². The zero-order valence-electron chi connectivity index (χ0n) is 16.2. The van der Waals surface area contributed by atoms with Crippen LogP contribution in [0.4, 0.5) is 5.69 Å². The van der Waals surface area contributed by atoms with Gasteiger partial charge >= 0.3 is 0 Å². The Morgan fingerprint density at radius 2 is 1.57 bits per heavy atom. The second kappa shape index (κ2) is 9.00. The van der Waals surface area contributed by atoms with Gasteiger partial charge in [0, 0.05) is 6.54 Å². The van der Waals surface area contributed by atoms with E-state index in [0.29, 0.717) is 17.8 Å². The molecule has 0 unspecified atom stereocenters. The van der Waals surface area contributed by atoms with Crippen molar-refractivity contribution in [3.63, 3.8) is 0 Å². The fourth-order valence-corrected chi connectivity index (χ4v) is 3.02. The van der Waals surface area contributed by atoms with Crippen LogP contribution in [0.5, 0.6) is 0 Å². The number of hydrogen-bond donors (Lipinski definition) is 2. The molecule has 0 atom stereocenters. The predicted molar refractivity (Wildman–Crippen MR) is 112 cm³/mol. The predicted octanol–water partition coefficient (Wildman–Crippen LogP) is 4.41. The Balaban J connectivity index is 1.68. The number of carbonyl (C=O) groups excluding carboxylic acids is 2. The highest BCUT2D eigenvalue weighted by Crippen LogP contribution is 2.17. The Kier molecular flexibility index (Phi) is 6.22. The summed E-state index contributed by atoms with van der Waals surface area (Å²) in [5, 5.41) is 5.79. The largest absolute Gasteiger partial charge is 0.348 e. The highest BCUT2D eigenvalue weighted by atomic mass is 16.2. The van der Waals surface area contributed by atoms with Crippen LogP contribution in [0.2, 0.25) is 0 Å². The average molecular weight is 372 g/mol. The second-order valence-corrected chi connectivity index (χ2v) is 6.87. The van der Waals surface area contributed by atoms with Gasteiger partial charge in [0.15, 0.2) is 0 Å². The van der Waals surface area contributed by atoms with Crippen molar-refractivity contribution >= 4 is 17.5 Å². The van der Waals surface area contributed by atoms with E-state index in [-0.39, 0.29) is 18.2 Å². The van der Waals surface area contributed by atoms with Crippen LogP contribution in [0.15, 0.2) is 72.8 Å². The minimum Gasteiger partial charge on any atom is -0.348 e. The van der Waals surface area contributed by atoms with E-state index in [1.54, 1.807) is 18.2 Å². The molecule has 0 aliphatic heterocycles. The highest BCUT2D eigenvalue weighted by molar-refractivity contribution is 6.04. The first-order chi connectivity index (χ1) is 13.5. The van der Waals surface area contributed by atoms with E-state index < -0.39 is 0 Å². The van der Waals surface area contributed by atoms with E-state index in [9.17, 15) is 9.59 Å². The van der Waals surface area contributed by atoms with E-state index in [1.165, 1.54) is 0 Å². The molecule has 0 bridgehead atoms. The van der Waals surface area contributed by atoms with Crippen molar-refractivity contribution in [3.05, 3.63) is 101 Å². The van der Waals surface area contributed by atoms with Crippen molar-refractivity contribution in [2.75, 3.05) is 5.32 Å². The Morgan fingerprint density at radius 3 is 2.36 bits per heavy atom. The summed E-state index contributed by atoms with van der Waals surface area (Å²) in [5.74, 6) is -0.358. The zero-order chi connectivity index (χ0) is 19.9. The number of carbonyl (C=O) groups is 2. The molecule has 0 spiro atoms. The number of anilines is 1. The summed E-state index contributed by atoms with van der Waals surface area (Å²) in [6, 6.07) is 22.8. The molecule has 0 heterocycles. The number of benzene rings is 3. The zero-order valence-corrected chi connectivity index (χ0v) is 16.2. The van der Waals surface area contributed by atoms with Crippen LogP contribution in [0.3, 0.4) is 0 Å². The maximum atomic E-state index is 12.6. The molecule has 0 saturated heterocycles. The number of nitrogens with one attached hydrogen (secondary N) is 2. The normalized spacial score (nSPS) is 10.4. The van der Waals surface area contributed by atoms with Gasteiger partial charge in [-0.05, 0) is 42.7 Å². The SMILES string of the molecule is Cc1ccc(C)c(CC(=O)Nc2ccccc2C(=O)NCc2ccccc2)c1. The Morgan fingerprint density at radius 1 is 0.857 bits per heavy atom. The molecular weight excluding hydrogens is 348 g/mol. The Bertz CT molecular complexity index is 981. The topological polar surface area (TPSA) is 58.2 Å². The van der Waals surface area contributed by atoms with Gasteiger partial charge in [0.1, 0.15) is 0 Å². The molecule has 3 aromatic rings. The number of aryl methyl sites for hydroxylation is 2. The summed E-state index contributed by atoms with van der Waals surface area (Å²) in [6.45, 7) is 4.44. The minimum atomic E-state index is -0.216. The number of hydrogen-bond acceptors (Lipinski definition) is 2. The lowest BCUT2D eigenvalue weighted by Gasteiger charge is -2.12. The van der Waals surface area contributed by atoms with Gasteiger partial charge in [-0.25, -0.2) is 0 Å². The number of amides is 2. The van der Waals surface area contributed by atoms with Gasteiger partial charge in [0.25, 0.3) is 5.91 Å².